The maximum atomic E-state index is 13.1. The summed E-state index contributed by atoms with van der Waals surface area (Å²) in [7, 11) is 0. The van der Waals surface area contributed by atoms with Crippen molar-refractivity contribution in [2.24, 2.45) is 5.92 Å². The number of carbonyl (C=O) groups excluding carboxylic acids is 2. The van der Waals surface area contributed by atoms with Gasteiger partial charge in [-0.3, -0.25) is 4.79 Å². The molecule has 3 fully saturated rings. The first-order chi connectivity index (χ1) is 13.4. The van der Waals surface area contributed by atoms with Crippen molar-refractivity contribution in [1.82, 2.24) is 15.0 Å². The molecule has 2 atom stereocenters. The molecule has 3 aliphatic rings. The number of para-hydroxylation sites is 1. The summed E-state index contributed by atoms with van der Waals surface area (Å²) in [5.41, 5.74) is 3.61. The highest BCUT2D eigenvalue weighted by Gasteiger charge is 2.42. The van der Waals surface area contributed by atoms with E-state index in [-0.39, 0.29) is 23.9 Å². The molecule has 0 spiro atoms. The number of anilines is 1. The number of urea groups is 1. The second kappa shape index (κ2) is 7.30. The Balaban J connectivity index is 1.52. The number of hydrogen-bond donors (Lipinski definition) is 1. The summed E-state index contributed by atoms with van der Waals surface area (Å²) in [5, 5.41) is 7.01. The zero-order valence-corrected chi connectivity index (χ0v) is 16.6. The van der Waals surface area contributed by atoms with Crippen LogP contribution in [0.25, 0.3) is 0 Å². The number of nitrogens with zero attached hydrogens (tertiary/aromatic N) is 3. The van der Waals surface area contributed by atoms with Crippen molar-refractivity contribution in [3.05, 3.63) is 46.8 Å². The maximum Gasteiger partial charge on any atom is 0.321 e. The van der Waals surface area contributed by atoms with Gasteiger partial charge in [-0.2, -0.15) is 0 Å². The largest absolute Gasteiger partial charge is 0.361 e. The van der Waals surface area contributed by atoms with E-state index in [2.05, 4.69) is 10.5 Å². The number of fused-ring (bicyclic) bond motifs is 4. The molecular weight excluding hydrogens is 356 g/mol. The van der Waals surface area contributed by atoms with Crippen LogP contribution in [0.2, 0.25) is 0 Å². The molecule has 1 aromatic heterocycles. The van der Waals surface area contributed by atoms with E-state index in [0.29, 0.717) is 19.6 Å². The summed E-state index contributed by atoms with van der Waals surface area (Å²) in [6.07, 6.45) is 1.74. The highest BCUT2D eigenvalue weighted by atomic mass is 16.5. The molecular formula is C21H26N4O3. The molecule has 3 amide bonds. The first-order valence-corrected chi connectivity index (χ1v) is 9.78. The number of carbonyl (C=O) groups is 2. The number of amides is 3. The Morgan fingerprint density at radius 1 is 1.21 bits per heavy atom. The standard InChI is InChI=1S/C21H26N4O3/c1-13-6-4-5-7-19(13)22-21(27)24-10-16-8-9-17(11-24)25(20(16)26)12-18-14(2)23-28-15(18)3/h4-7,16-17H,8-12H2,1-3H3,(H,22,27)/t16-,17+/m0/s1. The normalized spacial score (nSPS) is 21.8. The summed E-state index contributed by atoms with van der Waals surface area (Å²) in [6, 6.07) is 7.60. The number of rotatable bonds is 3. The van der Waals surface area contributed by atoms with Crippen molar-refractivity contribution < 1.29 is 14.1 Å². The fraction of sp³-hybridized carbons (Fsp3) is 0.476. The van der Waals surface area contributed by atoms with Gasteiger partial charge in [-0.15, -0.1) is 0 Å². The van der Waals surface area contributed by atoms with E-state index >= 15 is 0 Å². The Hall–Kier alpha value is -2.83. The third kappa shape index (κ3) is 3.37. The van der Waals surface area contributed by atoms with E-state index in [1.807, 2.05) is 49.9 Å². The molecule has 28 heavy (non-hydrogen) atoms. The molecule has 1 N–H and O–H groups in total. The second-order valence-electron chi connectivity index (χ2n) is 7.85. The average Bonchev–Trinajstić information content (AvgIpc) is 2.85. The topological polar surface area (TPSA) is 78.7 Å². The van der Waals surface area contributed by atoms with Crippen LogP contribution in [0, 0.1) is 26.7 Å². The van der Waals surface area contributed by atoms with Crippen LogP contribution in [0.4, 0.5) is 10.5 Å². The number of nitrogens with one attached hydrogen (secondary N) is 1. The Bertz CT molecular complexity index is 887. The van der Waals surface area contributed by atoms with Gasteiger partial charge in [0, 0.05) is 30.4 Å². The third-order valence-corrected chi connectivity index (χ3v) is 5.98. The van der Waals surface area contributed by atoms with Crippen LogP contribution in [-0.4, -0.2) is 46.0 Å². The van der Waals surface area contributed by atoms with Crippen molar-refractivity contribution in [3.63, 3.8) is 0 Å². The SMILES string of the molecule is Cc1ccccc1NC(=O)N1C[C@@H]2CC[C@H](C1)N(Cc1c(C)noc1C)C2=O. The second-order valence-corrected chi connectivity index (χ2v) is 7.85. The molecule has 1 aromatic carbocycles. The molecule has 7 nitrogen and oxygen atoms in total. The minimum atomic E-state index is -0.151. The molecule has 0 saturated carbocycles. The fourth-order valence-corrected chi connectivity index (χ4v) is 4.22. The summed E-state index contributed by atoms with van der Waals surface area (Å²) >= 11 is 0. The van der Waals surface area contributed by atoms with Gasteiger partial charge in [0.05, 0.1) is 18.2 Å². The molecule has 0 unspecified atom stereocenters. The molecule has 3 aliphatic heterocycles. The summed E-state index contributed by atoms with van der Waals surface area (Å²) in [6.45, 7) is 7.24. The first kappa shape index (κ1) is 18.5. The highest BCUT2D eigenvalue weighted by molar-refractivity contribution is 5.91. The Kier molecular flexibility index (Phi) is 4.83. The molecule has 148 valence electrons. The molecule has 2 aromatic rings. The van der Waals surface area contributed by atoms with Crippen molar-refractivity contribution in [2.45, 2.75) is 46.2 Å². The van der Waals surface area contributed by atoms with Crippen molar-refractivity contribution in [3.8, 4) is 0 Å². The van der Waals surface area contributed by atoms with Gasteiger partial charge >= 0.3 is 6.03 Å². The van der Waals surface area contributed by atoms with Gasteiger partial charge in [0.15, 0.2) is 0 Å². The van der Waals surface area contributed by atoms with Gasteiger partial charge in [0.2, 0.25) is 5.91 Å². The number of aryl methyl sites for hydroxylation is 3. The van der Waals surface area contributed by atoms with Crippen LogP contribution >= 0.6 is 0 Å². The quantitative estimate of drug-likeness (QED) is 0.884. The molecule has 0 aliphatic carbocycles. The monoisotopic (exact) mass is 382 g/mol. The average molecular weight is 382 g/mol. The van der Waals surface area contributed by atoms with Crippen molar-refractivity contribution >= 4 is 17.6 Å². The van der Waals surface area contributed by atoms with Gasteiger partial charge in [-0.05, 0) is 45.2 Å². The minimum Gasteiger partial charge on any atom is -0.361 e. The van der Waals surface area contributed by atoms with Crippen molar-refractivity contribution in [2.75, 3.05) is 18.4 Å². The van der Waals surface area contributed by atoms with Crippen LogP contribution in [0.3, 0.4) is 0 Å². The zero-order valence-electron chi connectivity index (χ0n) is 16.6. The van der Waals surface area contributed by atoms with E-state index in [4.69, 9.17) is 4.52 Å². The number of benzene rings is 1. The van der Waals surface area contributed by atoms with E-state index in [9.17, 15) is 9.59 Å². The molecule has 4 heterocycles. The Morgan fingerprint density at radius 3 is 2.71 bits per heavy atom. The van der Waals surface area contributed by atoms with Gasteiger partial charge in [0.25, 0.3) is 0 Å². The summed E-state index contributed by atoms with van der Waals surface area (Å²) in [5.74, 6) is 0.726. The maximum absolute atomic E-state index is 13.1. The summed E-state index contributed by atoms with van der Waals surface area (Å²) < 4.78 is 5.26. The van der Waals surface area contributed by atoms with E-state index in [1.54, 1.807) is 4.90 Å². The minimum absolute atomic E-state index is 0.0163. The smallest absolute Gasteiger partial charge is 0.321 e. The van der Waals surface area contributed by atoms with Gasteiger partial charge in [-0.25, -0.2) is 4.79 Å². The number of hydrogen-bond acceptors (Lipinski definition) is 4. The molecule has 2 bridgehead atoms. The molecule has 0 radical (unpaired) electrons. The van der Waals surface area contributed by atoms with Gasteiger partial charge < -0.3 is 19.6 Å². The Morgan fingerprint density at radius 2 is 2.00 bits per heavy atom. The predicted molar refractivity (Wildman–Crippen MR) is 105 cm³/mol. The zero-order chi connectivity index (χ0) is 19.8. The lowest BCUT2D eigenvalue weighted by Gasteiger charge is -2.35. The lowest BCUT2D eigenvalue weighted by atomic mass is 9.93. The van der Waals surface area contributed by atoms with Crippen LogP contribution in [-0.2, 0) is 11.3 Å². The van der Waals surface area contributed by atoms with Crippen molar-refractivity contribution in [1.29, 1.82) is 0 Å². The van der Waals surface area contributed by atoms with Crippen LogP contribution in [0.15, 0.2) is 28.8 Å². The number of aromatic nitrogens is 1. The highest BCUT2D eigenvalue weighted by Crippen LogP contribution is 2.31. The fourth-order valence-electron chi connectivity index (χ4n) is 4.22. The number of piperidine rings is 1. The van der Waals surface area contributed by atoms with Crippen LogP contribution in [0.1, 0.15) is 35.4 Å². The predicted octanol–water partition coefficient (Wildman–Crippen LogP) is 3.25. The van der Waals surface area contributed by atoms with Crippen LogP contribution < -0.4 is 5.32 Å². The Labute approximate surface area is 164 Å². The van der Waals surface area contributed by atoms with Crippen LogP contribution in [0.5, 0.6) is 0 Å². The molecule has 3 saturated heterocycles. The lowest BCUT2D eigenvalue weighted by molar-refractivity contribution is -0.140. The molecule has 5 rings (SSSR count). The van der Waals surface area contributed by atoms with E-state index in [1.165, 1.54) is 0 Å². The van der Waals surface area contributed by atoms with E-state index in [0.717, 1.165) is 41.1 Å². The molecule has 7 heteroatoms. The lowest BCUT2D eigenvalue weighted by Crippen LogP contribution is -2.47. The summed E-state index contributed by atoms with van der Waals surface area (Å²) in [4.78, 5) is 29.7. The van der Waals surface area contributed by atoms with E-state index < -0.39 is 0 Å². The van der Waals surface area contributed by atoms with Gasteiger partial charge in [-0.1, -0.05) is 23.4 Å². The third-order valence-electron chi connectivity index (χ3n) is 5.98. The van der Waals surface area contributed by atoms with Gasteiger partial charge in [0.1, 0.15) is 5.76 Å². The first-order valence-electron chi connectivity index (χ1n) is 9.78.